The van der Waals surface area contributed by atoms with Gasteiger partial charge in [-0.15, -0.1) is 4.68 Å². The third kappa shape index (κ3) is 4.40. The third-order valence-corrected chi connectivity index (χ3v) is 4.42. The van der Waals surface area contributed by atoms with Crippen molar-refractivity contribution >= 4 is 11.9 Å². The molecule has 31 heavy (non-hydrogen) atoms. The van der Waals surface area contributed by atoms with E-state index in [1.165, 1.54) is 30.5 Å². The van der Waals surface area contributed by atoms with Crippen LogP contribution in [-0.4, -0.2) is 31.7 Å². The molecule has 0 aliphatic carbocycles. The molecule has 0 fully saturated rings. The molecule has 9 nitrogen and oxygen atoms in total. The van der Waals surface area contributed by atoms with E-state index >= 15 is 0 Å². The van der Waals surface area contributed by atoms with E-state index in [2.05, 4.69) is 15.4 Å². The van der Waals surface area contributed by atoms with Crippen molar-refractivity contribution in [1.82, 2.24) is 20.1 Å². The molecule has 0 aliphatic heterocycles. The monoisotopic (exact) mass is 416 g/mol. The first kappa shape index (κ1) is 19.8. The summed E-state index contributed by atoms with van der Waals surface area (Å²) in [4.78, 5) is 39.7. The topological polar surface area (TPSA) is 127 Å². The van der Waals surface area contributed by atoms with Crippen LogP contribution in [0.2, 0.25) is 0 Å². The highest BCUT2D eigenvalue weighted by Gasteiger charge is 2.14. The zero-order valence-electron chi connectivity index (χ0n) is 16.1. The molecular weight excluding hydrogens is 400 g/mol. The van der Waals surface area contributed by atoms with Crippen molar-refractivity contribution in [2.24, 2.45) is 0 Å². The maximum Gasteiger partial charge on any atom is 0.335 e. The molecule has 0 unspecified atom stereocenters. The van der Waals surface area contributed by atoms with E-state index in [0.717, 1.165) is 10.2 Å². The van der Waals surface area contributed by atoms with Gasteiger partial charge in [0, 0.05) is 18.2 Å². The number of carboxylic acids is 1. The van der Waals surface area contributed by atoms with Crippen molar-refractivity contribution in [2.75, 3.05) is 0 Å². The number of nitrogens with zero attached hydrogens (tertiary/aromatic N) is 3. The largest absolute Gasteiger partial charge is 0.478 e. The van der Waals surface area contributed by atoms with E-state index in [1.807, 2.05) is 30.3 Å². The number of benzene rings is 2. The normalized spacial score (nSPS) is 10.6. The van der Waals surface area contributed by atoms with Crippen molar-refractivity contribution in [3.8, 4) is 17.3 Å². The third-order valence-electron chi connectivity index (χ3n) is 4.42. The Kier molecular flexibility index (Phi) is 5.39. The lowest BCUT2D eigenvalue weighted by atomic mass is 10.1. The number of carboxylic acid groups (broad SMARTS) is 1. The summed E-state index contributed by atoms with van der Waals surface area (Å²) in [5.74, 6) is -1.07. The lowest BCUT2D eigenvalue weighted by Crippen LogP contribution is -2.28. The first-order chi connectivity index (χ1) is 15.0. The number of hydrogen-bond donors (Lipinski definition) is 2. The Balaban J connectivity index is 1.51. The van der Waals surface area contributed by atoms with Gasteiger partial charge in [-0.3, -0.25) is 9.59 Å². The molecule has 0 radical (unpaired) electrons. The van der Waals surface area contributed by atoms with E-state index in [9.17, 15) is 14.4 Å². The minimum Gasteiger partial charge on any atom is -0.478 e. The van der Waals surface area contributed by atoms with E-state index in [4.69, 9.17) is 9.52 Å². The van der Waals surface area contributed by atoms with Crippen molar-refractivity contribution < 1.29 is 19.1 Å². The molecule has 2 aromatic carbocycles. The molecule has 0 bridgehead atoms. The van der Waals surface area contributed by atoms with Crippen LogP contribution in [0.25, 0.3) is 17.3 Å². The number of amides is 1. The Morgan fingerprint density at radius 1 is 1.00 bits per heavy atom. The standard InChI is InChI=1S/C22H16N4O5/c27-19-11-10-17(20(28)23-12-14-6-8-16(9-7-14)21(29)30)25-26(19)22-24-13-18(31-22)15-4-2-1-3-5-15/h1-11,13H,12H2,(H,23,28)(H,29,30). The van der Waals surface area contributed by atoms with E-state index in [0.29, 0.717) is 11.3 Å². The molecular formula is C22H16N4O5. The first-order valence-electron chi connectivity index (χ1n) is 9.24. The van der Waals surface area contributed by atoms with Gasteiger partial charge in [-0.05, 0) is 23.8 Å². The van der Waals surface area contributed by atoms with E-state index < -0.39 is 17.4 Å². The van der Waals surface area contributed by atoms with Gasteiger partial charge in [-0.1, -0.05) is 42.5 Å². The number of carbonyl (C=O) groups is 2. The quantitative estimate of drug-likeness (QED) is 0.494. The van der Waals surface area contributed by atoms with Gasteiger partial charge >= 0.3 is 12.0 Å². The summed E-state index contributed by atoms with van der Waals surface area (Å²) < 4.78 is 6.56. The second-order valence-corrected chi connectivity index (χ2v) is 6.53. The Hall–Kier alpha value is -4.53. The molecule has 4 rings (SSSR count). The number of aromatic carboxylic acids is 1. The minimum absolute atomic E-state index is 0.00113. The van der Waals surface area contributed by atoms with Crippen LogP contribution in [0.1, 0.15) is 26.4 Å². The van der Waals surface area contributed by atoms with E-state index in [-0.39, 0.29) is 23.8 Å². The zero-order valence-corrected chi connectivity index (χ0v) is 16.1. The molecule has 2 N–H and O–H groups in total. The van der Waals surface area contributed by atoms with Crippen LogP contribution in [0.4, 0.5) is 0 Å². The van der Waals surface area contributed by atoms with Crippen molar-refractivity contribution in [3.05, 3.63) is 100 Å². The van der Waals surface area contributed by atoms with Crippen LogP contribution in [0.3, 0.4) is 0 Å². The summed E-state index contributed by atoms with van der Waals surface area (Å²) in [6.45, 7) is 0.163. The number of aromatic nitrogens is 3. The Morgan fingerprint density at radius 2 is 1.74 bits per heavy atom. The van der Waals surface area contributed by atoms with Crippen molar-refractivity contribution in [2.45, 2.75) is 6.54 Å². The number of nitrogens with one attached hydrogen (secondary N) is 1. The summed E-state index contributed by atoms with van der Waals surface area (Å²) in [5.41, 5.74) is 1.16. The molecule has 154 valence electrons. The Labute approximate surface area is 175 Å². The molecule has 9 heteroatoms. The summed E-state index contributed by atoms with van der Waals surface area (Å²) in [7, 11) is 0. The highest BCUT2D eigenvalue weighted by Crippen LogP contribution is 2.20. The summed E-state index contributed by atoms with van der Waals surface area (Å²) in [5, 5.41) is 15.7. The van der Waals surface area contributed by atoms with Gasteiger partial charge in [-0.2, -0.15) is 10.1 Å². The fraction of sp³-hybridized carbons (Fsp3) is 0.0455. The SMILES string of the molecule is O=C(O)c1ccc(CNC(=O)c2ccc(=O)n(-c3ncc(-c4ccccc4)o3)n2)cc1. The summed E-state index contributed by atoms with van der Waals surface area (Å²) >= 11 is 0. The molecule has 0 saturated heterocycles. The highest BCUT2D eigenvalue weighted by atomic mass is 16.4. The van der Waals surface area contributed by atoms with Crippen LogP contribution in [0.15, 0.2) is 82.1 Å². The van der Waals surface area contributed by atoms with Gasteiger partial charge in [-0.25, -0.2) is 4.79 Å². The molecule has 2 aromatic heterocycles. The molecule has 0 spiro atoms. The molecule has 0 aliphatic rings. The maximum absolute atomic E-state index is 12.5. The van der Waals surface area contributed by atoms with Crippen LogP contribution < -0.4 is 10.9 Å². The van der Waals surface area contributed by atoms with Crippen molar-refractivity contribution in [3.63, 3.8) is 0 Å². The first-order valence-corrected chi connectivity index (χ1v) is 9.24. The zero-order chi connectivity index (χ0) is 21.8. The number of carbonyl (C=O) groups excluding carboxylic acids is 1. The second kappa shape index (κ2) is 8.46. The minimum atomic E-state index is -1.02. The Bertz CT molecular complexity index is 1290. The molecule has 0 atom stereocenters. The van der Waals surface area contributed by atoms with Crippen molar-refractivity contribution in [1.29, 1.82) is 0 Å². The van der Waals surface area contributed by atoms with Crippen LogP contribution in [0.5, 0.6) is 0 Å². The molecule has 0 saturated carbocycles. The maximum atomic E-state index is 12.5. The van der Waals surface area contributed by atoms with Gasteiger partial charge in [0.25, 0.3) is 11.5 Å². The smallest absolute Gasteiger partial charge is 0.335 e. The predicted octanol–water partition coefficient (Wildman–Crippen LogP) is 2.52. The molecule has 2 heterocycles. The highest BCUT2D eigenvalue weighted by molar-refractivity contribution is 5.92. The average Bonchev–Trinajstić information content (AvgIpc) is 3.29. The van der Waals surface area contributed by atoms with Gasteiger partial charge in [0.15, 0.2) is 5.76 Å². The van der Waals surface area contributed by atoms with Gasteiger partial charge < -0.3 is 14.8 Å². The van der Waals surface area contributed by atoms with Gasteiger partial charge in [0.2, 0.25) is 0 Å². The van der Waals surface area contributed by atoms with Gasteiger partial charge in [0.1, 0.15) is 5.69 Å². The molecule has 1 amide bonds. The number of rotatable bonds is 6. The van der Waals surface area contributed by atoms with Crippen LogP contribution in [-0.2, 0) is 6.54 Å². The van der Waals surface area contributed by atoms with Crippen LogP contribution >= 0.6 is 0 Å². The van der Waals surface area contributed by atoms with E-state index in [1.54, 1.807) is 12.1 Å². The lowest BCUT2D eigenvalue weighted by Gasteiger charge is -2.06. The predicted molar refractivity (Wildman–Crippen MR) is 110 cm³/mol. The fourth-order valence-electron chi connectivity index (χ4n) is 2.81. The lowest BCUT2D eigenvalue weighted by molar-refractivity contribution is 0.0696. The fourth-order valence-corrected chi connectivity index (χ4v) is 2.81. The van der Waals surface area contributed by atoms with Crippen LogP contribution in [0, 0.1) is 0 Å². The summed E-state index contributed by atoms with van der Waals surface area (Å²) in [6, 6.07) is 17.8. The average molecular weight is 416 g/mol. The number of hydrogen-bond acceptors (Lipinski definition) is 6. The molecule has 4 aromatic rings. The Morgan fingerprint density at radius 3 is 2.45 bits per heavy atom. The second-order valence-electron chi connectivity index (χ2n) is 6.53. The number of oxazole rings is 1. The van der Waals surface area contributed by atoms with Gasteiger partial charge in [0.05, 0.1) is 11.8 Å². The summed E-state index contributed by atoms with van der Waals surface area (Å²) in [6.07, 6.45) is 1.48.